The normalized spacial score (nSPS) is 20.4. The van der Waals surface area contributed by atoms with Crippen molar-refractivity contribution in [1.29, 1.82) is 0 Å². The van der Waals surface area contributed by atoms with Crippen LogP contribution in [-0.4, -0.2) is 28.0 Å². The van der Waals surface area contributed by atoms with Crippen LogP contribution < -0.4 is 10.5 Å². The maximum Gasteiger partial charge on any atom is 0.293 e. The van der Waals surface area contributed by atoms with Crippen molar-refractivity contribution >= 4 is 17.4 Å². The highest BCUT2D eigenvalue weighted by Gasteiger charge is 2.25. The number of aromatic nitrogens is 2. The van der Waals surface area contributed by atoms with Crippen molar-refractivity contribution in [2.75, 3.05) is 17.3 Å². The molecule has 0 amide bonds. The van der Waals surface area contributed by atoms with E-state index >= 15 is 0 Å². The summed E-state index contributed by atoms with van der Waals surface area (Å²) in [6, 6.07) is 0.391. The van der Waals surface area contributed by atoms with Crippen LogP contribution >= 0.6 is 11.6 Å². The molecule has 1 fully saturated rings. The van der Waals surface area contributed by atoms with Crippen LogP contribution in [0, 0.1) is 0 Å². The summed E-state index contributed by atoms with van der Waals surface area (Å²) in [5, 5.41) is 0. The second-order valence-electron chi connectivity index (χ2n) is 5.05. The van der Waals surface area contributed by atoms with E-state index in [1.807, 2.05) is 13.8 Å². The minimum atomic E-state index is -0.00971. The molecule has 0 radical (unpaired) electrons. The molecule has 0 aliphatic carbocycles. The predicted octanol–water partition coefficient (Wildman–Crippen LogP) is 2.42. The number of rotatable bonds is 3. The molecule has 1 aromatic heterocycles. The molecule has 5 heteroatoms. The topological polar surface area (TPSA) is 38.1 Å². The van der Waals surface area contributed by atoms with Crippen molar-refractivity contribution in [2.45, 2.75) is 45.2 Å². The third-order valence-corrected chi connectivity index (χ3v) is 3.84. The Morgan fingerprint density at radius 2 is 2.28 bits per heavy atom. The van der Waals surface area contributed by atoms with Gasteiger partial charge >= 0.3 is 0 Å². The van der Waals surface area contributed by atoms with Crippen LogP contribution in [0.5, 0.6) is 0 Å². The zero-order chi connectivity index (χ0) is 13.1. The van der Waals surface area contributed by atoms with Crippen molar-refractivity contribution in [3.8, 4) is 0 Å². The van der Waals surface area contributed by atoms with Crippen LogP contribution in [0.2, 0.25) is 0 Å². The number of anilines is 1. The van der Waals surface area contributed by atoms with Crippen LogP contribution in [0.25, 0.3) is 0 Å². The van der Waals surface area contributed by atoms with Gasteiger partial charge in [0.1, 0.15) is 0 Å². The molecule has 18 heavy (non-hydrogen) atoms. The van der Waals surface area contributed by atoms with Crippen molar-refractivity contribution < 1.29 is 0 Å². The lowest BCUT2D eigenvalue weighted by Crippen LogP contribution is -2.45. The fourth-order valence-corrected chi connectivity index (χ4v) is 2.78. The largest absolute Gasteiger partial charge is 0.348 e. The van der Waals surface area contributed by atoms with Crippen molar-refractivity contribution in [3.63, 3.8) is 0 Å². The number of piperidine rings is 1. The average Bonchev–Trinajstić information content (AvgIpc) is 2.38. The van der Waals surface area contributed by atoms with Gasteiger partial charge in [-0.15, -0.1) is 11.6 Å². The molecule has 1 atom stereocenters. The molecular weight excluding hydrogens is 250 g/mol. The predicted molar refractivity (Wildman–Crippen MR) is 74.6 cm³/mol. The number of alkyl halides is 1. The molecule has 2 rings (SSSR count). The second-order valence-corrected chi connectivity index (χ2v) is 5.36. The van der Waals surface area contributed by atoms with Crippen LogP contribution in [0.1, 0.15) is 39.2 Å². The molecule has 2 heterocycles. The van der Waals surface area contributed by atoms with Gasteiger partial charge in [-0.3, -0.25) is 4.79 Å². The Labute approximate surface area is 113 Å². The molecule has 0 bridgehead atoms. The lowest BCUT2D eigenvalue weighted by atomic mass is 10.0. The van der Waals surface area contributed by atoms with Gasteiger partial charge in [-0.05, 0) is 33.1 Å². The van der Waals surface area contributed by atoms with E-state index in [1.165, 1.54) is 6.42 Å². The molecule has 0 aromatic carbocycles. The van der Waals surface area contributed by atoms with Crippen molar-refractivity contribution in [1.82, 2.24) is 9.55 Å². The van der Waals surface area contributed by atoms with E-state index in [1.54, 1.807) is 17.0 Å². The fraction of sp³-hybridized carbons (Fsp3) is 0.692. The Kier molecular flexibility index (Phi) is 4.27. The second kappa shape index (κ2) is 5.74. The Bertz CT molecular complexity index is 458. The average molecular weight is 270 g/mol. The molecule has 1 aromatic rings. The highest BCUT2D eigenvalue weighted by atomic mass is 35.5. The zero-order valence-corrected chi connectivity index (χ0v) is 11.7. The summed E-state index contributed by atoms with van der Waals surface area (Å²) < 4.78 is 1.72. The molecule has 0 saturated carbocycles. The van der Waals surface area contributed by atoms with Gasteiger partial charge in [-0.25, -0.2) is 4.98 Å². The van der Waals surface area contributed by atoms with Gasteiger partial charge in [0.15, 0.2) is 5.82 Å². The summed E-state index contributed by atoms with van der Waals surface area (Å²) in [5.41, 5.74) is -0.00971. The van der Waals surface area contributed by atoms with E-state index in [-0.39, 0.29) is 17.6 Å². The first-order valence-corrected chi connectivity index (χ1v) is 7.08. The van der Waals surface area contributed by atoms with Gasteiger partial charge in [0, 0.05) is 36.9 Å². The smallest absolute Gasteiger partial charge is 0.293 e. The van der Waals surface area contributed by atoms with Crippen molar-refractivity contribution in [2.24, 2.45) is 0 Å². The SMILES string of the molecule is CC(C)n1ccnc(N2CCCCC2CCl)c1=O. The van der Waals surface area contributed by atoms with Gasteiger partial charge < -0.3 is 9.47 Å². The first-order valence-electron chi connectivity index (χ1n) is 6.55. The van der Waals surface area contributed by atoms with Gasteiger partial charge in [-0.2, -0.15) is 0 Å². The minimum absolute atomic E-state index is 0.00971. The quantitative estimate of drug-likeness (QED) is 0.791. The Morgan fingerprint density at radius 1 is 1.50 bits per heavy atom. The van der Waals surface area contributed by atoms with Gasteiger partial charge in [0.25, 0.3) is 5.56 Å². The monoisotopic (exact) mass is 269 g/mol. The van der Waals surface area contributed by atoms with Gasteiger partial charge in [0.2, 0.25) is 0 Å². The minimum Gasteiger partial charge on any atom is -0.348 e. The Hall–Kier alpha value is -1.03. The van der Waals surface area contributed by atoms with Crippen LogP contribution in [0.4, 0.5) is 5.82 Å². The highest BCUT2D eigenvalue weighted by molar-refractivity contribution is 6.18. The maximum absolute atomic E-state index is 12.4. The number of hydrogen-bond acceptors (Lipinski definition) is 3. The summed E-state index contributed by atoms with van der Waals surface area (Å²) in [5.74, 6) is 1.11. The zero-order valence-electron chi connectivity index (χ0n) is 11.0. The molecular formula is C13H20ClN3O. The van der Waals surface area contributed by atoms with E-state index < -0.39 is 0 Å². The van der Waals surface area contributed by atoms with E-state index in [4.69, 9.17) is 11.6 Å². The number of halogens is 1. The van der Waals surface area contributed by atoms with Crippen LogP contribution in [0.3, 0.4) is 0 Å². The summed E-state index contributed by atoms with van der Waals surface area (Å²) in [6.45, 7) is 4.88. The molecule has 4 nitrogen and oxygen atoms in total. The van der Waals surface area contributed by atoms with E-state index in [2.05, 4.69) is 9.88 Å². The third kappa shape index (κ3) is 2.53. The molecule has 1 aliphatic heterocycles. The Morgan fingerprint density at radius 3 is 2.94 bits per heavy atom. The first kappa shape index (κ1) is 13.4. The standard InChI is InChI=1S/C13H20ClN3O/c1-10(2)16-8-6-15-12(13(16)18)17-7-4-3-5-11(17)9-14/h6,8,10-11H,3-5,7,9H2,1-2H3. The lowest BCUT2D eigenvalue weighted by Gasteiger charge is -2.35. The van der Waals surface area contributed by atoms with Gasteiger partial charge in [-0.1, -0.05) is 0 Å². The lowest BCUT2D eigenvalue weighted by molar-refractivity contribution is 0.477. The Balaban J connectivity index is 2.38. The number of hydrogen-bond donors (Lipinski definition) is 0. The van der Waals surface area contributed by atoms with Crippen LogP contribution in [-0.2, 0) is 0 Å². The van der Waals surface area contributed by atoms with E-state index in [9.17, 15) is 4.79 Å². The van der Waals surface area contributed by atoms with Crippen LogP contribution in [0.15, 0.2) is 17.2 Å². The molecule has 1 unspecified atom stereocenters. The van der Waals surface area contributed by atoms with Crippen molar-refractivity contribution in [3.05, 3.63) is 22.7 Å². The summed E-state index contributed by atoms with van der Waals surface area (Å²) in [7, 11) is 0. The highest BCUT2D eigenvalue weighted by Crippen LogP contribution is 2.21. The fourth-order valence-electron chi connectivity index (χ4n) is 2.46. The molecule has 0 N–H and O–H groups in total. The maximum atomic E-state index is 12.4. The van der Waals surface area contributed by atoms with Gasteiger partial charge in [0.05, 0.1) is 0 Å². The molecule has 100 valence electrons. The van der Waals surface area contributed by atoms with E-state index in [0.29, 0.717) is 11.7 Å². The summed E-state index contributed by atoms with van der Waals surface area (Å²) >= 11 is 6.00. The number of nitrogens with zero attached hydrogens (tertiary/aromatic N) is 3. The summed E-state index contributed by atoms with van der Waals surface area (Å²) in [6.07, 6.45) is 6.78. The first-order chi connectivity index (χ1) is 8.65. The molecule has 1 aliphatic rings. The summed E-state index contributed by atoms with van der Waals surface area (Å²) in [4.78, 5) is 18.7. The molecule has 1 saturated heterocycles. The third-order valence-electron chi connectivity index (χ3n) is 3.48. The van der Waals surface area contributed by atoms with E-state index in [0.717, 1.165) is 19.4 Å². The molecule has 0 spiro atoms.